The van der Waals surface area contributed by atoms with E-state index in [4.69, 9.17) is 4.18 Å². The van der Waals surface area contributed by atoms with E-state index >= 15 is 0 Å². The molecule has 0 radical (unpaired) electrons. The lowest BCUT2D eigenvalue weighted by molar-refractivity contribution is -0.133. The zero-order valence-corrected chi connectivity index (χ0v) is 22.5. The number of hydrogen-bond donors (Lipinski definition) is 0. The maximum Gasteiger partial charge on any atom is 0.317 e. The van der Waals surface area contributed by atoms with Gasteiger partial charge in [0.2, 0.25) is 0 Å². The Morgan fingerprint density at radius 3 is 1.75 bits per heavy atom. The summed E-state index contributed by atoms with van der Waals surface area (Å²) >= 11 is 7.09. The molecular formula is C22H19I3O2S. The molecule has 0 fully saturated rings. The van der Waals surface area contributed by atoms with E-state index in [0.717, 1.165) is 28.2 Å². The normalized spacial score (nSPS) is 11.9. The average molecular weight is 728 g/mol. The van der Waals surface area contributed by atoms with Crippen molar-refractivity contribution >= 4 is 84.1 Å². The van der Waals surface area contributed by atoms with Crippen molar-refractivity contribution in [3.8, 4) is 0 Å². The fraction of sp³-hybridized carbons (Fsp3) is 0.136. The molecule has 0 saturated carbocycles. The molecule has 0 heterocycles. The van der Waals surface area contributed by atoms with Crippen LogP contribution in [0.5, 0.6) is 0 Å². The minimum absolute atomic E-state index is 0.157. The first-order chi connectivity index (χ1) is 13.5. The Morgan fingerprint density at radius 2 is 1.32 bits per heavy atom. The van der Waals surface area contributed by atoms with Gasteiger partial charge in [0.15, 0.2) is 0 Å². The van der Waals surface area contributed by atoms with Crippen LogP contribution < -0.4 is 0 Å². The quantitative estimate of drug-likeness (QED) is 0.241. The first-order valence-electron chi connectivity index (χ1n) is 8.79. The predicted molar refractivity (Wildman–Crippen MR) is 141 cm³/mol. The van der Waals surface area contributed by atoms with Crippen molar-refractivity contribution < 1.29 is 8.98 Å². The van der Waals surface area contributed by atoms with Crippen molar-refractivity contribution in [3.63, 3.8) is 0 Å². The molecule has 0 aromatic heterocycles. The molecular weight excluding hydrogens is 709 g/mol. The monoisotopic (exact) mass is 728 g/mol. The molecule has 0 bridgehead atoms. The van der Waals surface area contributed by atoms with Gasteiger partial charge < -0.3 is 4.18 Å². The minimum atomic E-state index is -2.20. The van der Waals surface area contributed by atoms with Gasteiger partial charge in [0, 0.05) is 26.9 Å². The fourth-order valence-electron chi connectivity index (χ4n) is 2.92. The highest BCUT2D eigenvalue weighted by Crippen LogP contribution is 2.71. The van der Waals surface area contributed by atoms with Crippen LogP contribution in [-0.4, -0.2) is 5.97 Å². The molecule has 3 aromatic carbocycles. The maximum absolute atomic E-state index is 12.9. The second-order valence-corrected chi connectivity index (χ2v) is 12.3. The Labute approximate surface area is 208 Å². The topological polar surface area (TPSA) is 26.3 Å². The number of hydrogen-bond acceptors (Lipinski definition) is 2. The van der Waals surface area contributed by atoms with E-state index < -0.39 is 10.3 Å². The molecule has 0 saturated heterocycles. The van der Waals surface area contributed by atoms with Gasteiger partial charge in [-0.1, -0.05) is 43.3 Å². The maximum atomic E-state index is 12.9. The Morgan fingerprint density at radius 1 is 0.857 bits per heavy atom. The van der Waals surface area contributed by atoms with Crippen molar-refractivity contribution in [2.45, 2.75) is 34.5 Å². The molecule has 0 amide bonds. The Kier molecular flexibility index (Phi) is 8.08. The molecule has 6 heteroatoms. The summed E-state index contributed by atoms with van der Waals surface area (Å²) in [7, 11) is -2.20. The van der Waals surface area contributed by atoms with Gasteiger partial charge in [0.05, 0.1) is 4.90 Å². The summed E-state index contributed by atoms with van der Waals surface area (Å²) in [5.41, 5.74) is 0. The van der Waals surface area contributed by atoms with Crippen LogP contribution in [0.1, 0.15) is 19.8 Å². The zero-order valence-electron chi connectivity index (χ0n) is 15.2. The van der Waals surface area contributed by atoms with Crippen LogP contribution in [0.4, 0.5) is 0 Å². The van der Waals surface area contributed by atoms with Crippen molar-refractivity contribution in [2.24, 2.45) is 0 Å². The second-order valence-electron chi connectivity index (χ2n) is 6.09. The van der Waals surface area contributed by atoms with Crippen molar-refractivity contribution in [1.82, 2.24) is 0 Å². The van der Waals surface area contributed by atoms with Gasteiger partial charge in [-0.15, -0.1) is 0 Å². The van der Waals surface area contributed by atoms with E-state index in [1.807, 2.05) is 43.3 Å². The molecule has 146 valence electrons. The third-order valence-corrected chi connectivity index (χ3v) is 10.5. The largest absolute Gasteiger partial charge is 0.402 e. The smallest absolute Gasteiger partial charge is 0.317 e. The lowest BCUT2D eigenvalue weighted by Crippen LogP contribution is -2.15. The van der Waals surface area contributed by atoms with Gasteiger partial charge in [-0.25, -0.2) is 0 Å². The van der Waals surface area contributed by atoms with Crippen LogP contribution >= 0.6 is 78.1 Å². The Bertz CT molecular complexity index is 900. The molecule has 0 aliphatic heterocycles. The number of rotatable bonds is 6. The summed E-state index contributed by atoms with van der Waals surface area (Å²) in [6, 6.07) is 24.7. The molecule has 0 atom stereocenters. The molecule has 28 heavy (non-hydrogen) atoms. The van der Waals surface area contributed by atoms with Gasteiger partial charge in [-0.3, -0.25) is 4.79 Å². The van der Waals surface area contributed by atoms with E-state index in [1.165, 1.54) is 3.57 Å². The van der Waals surface area contributed by atoms with E-state index in [9.17, 15) is 4.79 Å². The molecule has 0 N–H and O–H groups in total. The average Bonchev–Trinajstić information content (AvgIpc) is 2.68. The highest BCUT2D eigenvalue weighted by molar-refractivity contribution is 14.1. The molecule has 2 nitrogen and oxygen atoms in total. The van der Waals surface area contributed by atoms with E-state index in [2.05, 4.69) is 104 Å². The van der Waals surface area contributed by atoms with Crippen LogP contribution in [0, 0.1) is 10.7 Å². The van der Waals surface area contributed by atoms with Crippen LogP contribution in [0.25, 0.3) is 0 Å². The third kappa shape index (κ3) is 4.70. The van der Waals surface area contributed by atoms with Crippen LogP contribution in [0.2, 0.25) is 0 Å². The first-order valence-corrected chi connectivity index (χ1v) is 13.6. The highest BCUT2D eigenvalue weighted by Gasteiger charge is 2.38. The summed E-state index contributed by atoms with van der Waals surface area (Å²) in [6.45, 7) is 2.00. The number of carbonyl (C=O) groups excluding carboxylic acids is 1. The Balaban J connectivity index is 2.39. The summed E-state index contributed by atoms with van der Waals surface area (Å²) in [5, 5.41) is 0. The molecule has 0 spiro atoms. The molecule has 0 unspecified atom stereocenters. The van der Waals surface area contributed by atoms with Crippen LogP contribution in [-0.2, 0) is 8.98 Å². The number of halogens is 3. The summed E-state index contributed by atoms with van der Waals surface area (Å²) in [5.74, 6) is -0.157. The zero-order chi connectivity index (χ0) is 20.1. The van der Waals surface area contributed by atoms with E-state index in [1.54, 1.807) is 0 Å². The van der Waals surface area contributed by atoms with Crippen LogP contribution in [0.3, 0.4) is 0 Å². The van der Waals surface area contributed by atoms with Gasteiger partial charge in [0.25, 0.3) is 0 Å². The molecule has 3 rings (SSSR count). The number of benzene rings is 3. The number of carbonyl (C=O) groups is 1. The van der Waals surface area contributed by atoms with Crippen LogP contribution in [0.15, 0.2) is 87.5 Å². The summed E-state index contributed by atoms with van der Waals surface area (Å²) in [6.07, 6.45) is 1.17. The standard InChI is InChI=1S/C22H19I3O2S/c1-2-9-21(26)27-28(17-10-5-3-6-11-17,18-12-7-4-8-13-18)22-19(24)14-16(23)15-20(22)25/h3-8,10-15H,2,9H2,1H3. The van der Waals surface area contributed by atoms with Crippen molar-refractivity contribution in [3.05, 3.63) is 83.5 Å². The van der Waals surface area contributed by atoms with E-state index in [-0.39, 0.29) is 5.97 Å². The lowest BCUT2D eigenvalue weighted by atomic mass is 10.3. The predicted octanol–water partition coefficient (Wildman–Crippen LogP) is 8.04. The summed E-state index contributed by atoms with van der Waals surface area (Å²) in [4.78, 5) is 16.0. The van der Waals surface area contributed by atoms with Gasteiger partial charge in [0.1, 0.15) is 0 Å². The lowest BCUT2D eigenvalue weighted by Gasteiger charge is -2.41. The highest BCUT2D eigenvalue weighted by atomic mass is 127. The van der Waals surface area contributed by atoms with Gasteiger partial charge >= 0.3 is 5.97 Å². The third-order valence-electron chi connectivity index (χ3n) is 4.07. The SMILES string of the molecule is CCCC(=O)OS(c1ccccc1)(c1ccccc1)c1c(I)cc(I)cc1I. The second kappa shape index (κ2) is 10.1. The van der Waals surface area contributed by atoms with Crippen molar-refractivity contribution in [2.75, 3.05) is 0 Å². The molecule has 0 aliphatic carbocycles. The Hall–Kier alpha value is -0.330. The van der Waals surface area contributed by atoms with Gasteiger partial charge in [-0.05, 0) is 121 Å². The molecule has 3 aromatic rings. The fourth-order valence-corrected chi connectivity index (χ4v) is 11.5. The van der Waals surface area contributed by atoms with E-state index in [0.29, 0.717) is 6.42 Å². The minimum Gasteiger partial charge on any atom is -0.402 e. The van der Waals surface area contributed by atoms with Crippen molar-refractivity contribution in [1.29, 1.82) is 0 Å². The van der Waals surface area contributed by atoms with Gasteiger partial charge in [-0.2, -0.15) is 0 Å². The first kappa shape index (κ1) is 22.4. The summed E-state index contributed by atoms with van der Waals surface area (Å²) < 4.78 is 9.87. The molecule has 0 aliphatic rings.